The van der Waals surface area contributed by atoms with Crippen molar-refractivity contribution in [3.8, 4) is 5.75 Å². The van der Waals surface area contributed by atoms with Gasteiger partial charge >= 0.3 is 0 Å². The van der Waals surface area contributed by atoms with Gasteiger partial charge in [0.1, 0.15) is 5.75 Å². The number of hydrogen-bond donors (Lipinski definition) is 1. The average Bonchev–Trinajstić information content (AvgIpc) is 2.77. The summed E-state index contributed by atoms with van der Waals surface area (Å²) in [5.41, 5.74) is 3.54. The highest BCUT2D eigenvalue weighted by Gasteiger charge is 2.65. The number of fused-ring (bicyclic) bond motifs is 4. The zero-order valence-electron chi connectivity index (χ0n) is 15.5. The molecule has 3 heteroatoms. The number of ketones is 1. The molecule has 1 spiro atoms. The summed E-state index contributed by atoms with van der Waals surface area (Å²) in [5, 5.41) is 11.1. The molecule has 0 amide bonds. The van der Waals surface area contributed by atoms with Crippen LogP contribution in [0.4, 0.5) is 0 Å². The van der Waals surface area contributed by atoms with Crippen molar-refractivity contribution in [2.45, 2.75) is 51.0 Å². The van der Waals surface area contributed by atoms with Crippen LogP contribution in [0, 0.1) is 16.7 Å². The maximum absolute atomic E-state index is 12.1. The lowest BCUT2D eigenvalue weighted by atomic mass is 9.47. The SMILES string of the molecule is COc1ccc2c(c1)CCC1C2CC[C@]2(C)C(O)C3=CC(=O)C=CC12C3. The van der Waals surface area contributed by atoms with E-state index in [0.717, 1.165) is 43.4 Å². The summed E-state index contributed by atoms with van der Waals surface area (Å²) in [4.78, 5) is 12.1. The van der Waals surface area contributed by atoms with Crippen LogP contribution in [0.1, 0.15) is 49.7 Å². The van der Waals surface area contributed by atoms with Crippen molar-refractivity contribution >= 4 is 5.78 Å². The fourth-order valence-corrected chi connectivity index (χ4v) is 6.63. The van der Waals surface area contributed by atoms with Crippen LogP contribution >= 0.6 is 0 Å². The number of ether oxygens (including phenoxy) is 1. The number of benzene rings is 1. The van der Waals surface area contributed by atoms with E-state index in [4.69, 9.17) is 4.74 Å². The smallest absolute Gasteiger partial charge is 0.178 e. The minimum Gasteiger partial charge on any atom is -0.497 e. The first-order valence-electron chi connectivity index (χ1n) is 9.77. The van der Waals surface area contributed by atoms with Gasteiger partial charge < -0.3 is 9.84 Å². The van der Waals surface area contributed by atoms with Crippen molar-refractivity contribution in [3.05, 3.63) is 53.1 Å². The number of rotatable bonds is 1. The number of aliphatic hydroxyl groups excluding tert-OH is 1. The van der Waals surface area contributed by atoms with E-state index in [1.807, 2.05) is 0 Å². The first kappa shape index (κ1) is 16.3. The third-order valence-electron chi connectivity index (χ3n) is 7.98. The maximum Gasteiger partial charge on any atom is 0.178 e. The summed E-state index contributed by atoms with van der Waals surface area (Å²) < 4.78 is 5.42. The second kappa shape index (κ2) is 5.32. The first-order valence-corrected chi connectivity index (χ1v) is 9.77. The molecular formula is C23H26O3. The fraction of sp³-hybridized carbons (Fsp3) is 0.522. The zero-order valence-corrected chi connectivity index (χ0v) is 15.5. The van der Waals surface area contributed by atoms with E-state index < -0.39 is 6.10 Å². The van der Waals surface area contributed by atoms with E-state index in [1.54, 1.807) is 19.3 Å². The molecule has 1 aromatic rings. The van der Waals surface area contributed by atoms with Gasteiger partial charge in [-0.3, -0.25) is 4.79 Å². The van der Waals surface area contributed by atoms with E-state index >= 15 is 0 Å². The summed E-state index contributed by atoms with van der Waals surface area (Å²) in [5.74, 6) is 1.94. The van der Waals surface area contributed by atoms with E-state index in [-0.39, 0.29) is 16.6 Å². The molecule has 26 heavy (non-hydrogen) atoms. The molecule has 2 saturated carbocycles. The van der Waals surface area contributed by atoms with E-state index in [2.05, 4.69) is 31.2 Å². The molecule has 0 aromatic heterocycles. The topological polar surface area (TPSA) is 46.5 Å². The Morgan fingerprint density at radius 1 is 1.27 bits per heavy atom. The second-order valence-corrected chi connectivity index (χ2v) is 8.85. The van der Waals surface area contributed by atoms with Crippen molar-refractivity contribution in [1.82, 2.24) is 0 Å². The standard InChI is InChI=1S/C23H26O3/c1-22-9-8-19-18-5-4-17(26-2)12-14(18)3-6-20(19)23(22)10-7-16(24)11-15(13-23)21(22)25/h4-5,7,10-12,19-21,25H,3,6,8-9,13H2,1-2H3/t19?,20?,21?,22-,23?/m1/s1. The van der Waals surface area contributed by atoms with Crippen molar-refractivity contribution in [2.24, 2.45) is 16.7 Å². The Morgan fingerprint density at radius 2 is 2.12 bits per heavy atom. The first-order chi connectivity index (χ1) is 12.5. The average molecular weight is 350 g/mol. The van der Waals surface area contributed by atoms with Gasteiger partial charge in [0.05, 0.1) is 13.2 Å². The van der Waals surface area contributed by atoms with Gasteiger partial charge in [0, 0.05) is 10.8 Å². The van der Waals surface area contributed by atoms with E-state index in [1.165, 1.54) is 11.1 Å². The molecule has 136 valence electrons. The lowest BCUT2D eigenvalue weighted by Gasteiger charge is -2.57. The largest absolute Gasteiger partial charge is 0.497 e. The van der Waals surface area contributed by atoms with Crippen molar-refractivity contribution in [1.29, 1.82) is 0 Å². The predicted octanol–water partition coefficient (Wildman–Crippen LogP) is 3.96. The molecule has 3 nitrogen and oxygen atoms in total. The Labute approximate surface area is 154 Å². The lowest BCUT2D eigenvalue weighted by Crippen LogP contribution is -2.51. The summed E-state index contributed by atoms with van der Waals surface area (Å²) in [6.45, 7) is 2.25. The van der Waals surface area contributed by atoms with Crippen LogP contribution in [0.5, 0.6) is 5.75 Å². The van der Waals surface area contributed by atoms with Gasteiger partial charge in [-0.1, -0.05) is 19.1 Å². The van der Waals surface area contributed by atoms with Crippen molar-refractivity contribution < 1.29 is 14.6 Å². The summed E-state index contributed by atoms with van der Waals surface area (Å²) in [6, 6.07) is 6.52. The monoisotopic (exact) mass is 350 g/mol. The highest BCUT2D eigenvalue weighted by molar-refractivity contribution is 6.00. The quantitative estimate of drug-likeness (QED) is 0.834. The second-order valence-electron chi connectivity index (χ2n) is 8.85. The normalized spacial score (nSPS) is 40.2. The number of hydrogen-bond acceptors (Lipinski definition) is 3. The summed E-state index contributed by atoms with van der Waals surface area (Å²) in [7, 11) is 1.72. The van der Waals surface area contributed by atoms with Crippen LogP contribution in [-0.2, 0) is 11.2 Å². The lowest BCUT2D eigenvalue weighted by molar-refractivity contribution is -0.111. The van der Waals surface area contributed by atoms with Gasteiger partial charge in [-0.05, 0) is 84.9 Å². The van der Waals surface area contributed by atoms with Crippen LogP contribution in [0.25, 0.3) is 0 Å². The van der Waals surface area contributed by atoms with E-state index in [0.29, 0.717) is 11.8 Å². The molecular weight excluding hydrogens is 324 g/mol. The Balaban J connectivity index is 1.64. The molecule has 5 rings (SSSR count). The van der Waals surface area contributed by atoms with Gasteiger partial charge in [-0.15, -0.1) is 0 Å². The number of carbonyl (C=O) groups excluding carboxylic acids is 1. The number of allylic oxidation sites excluding steroid dienone is 3. The molecule has 5 atom stereocenters. The Bertz CT molecular complexity index is 851. The Hall–Kier alpha value is -1.87. The van der Waals surface area contributed by atoms with Gasteiger partial charge in [0.15, 0.2) is 5.78 Å². The number of carbonyl (C=O) groups is 1. The maximum atomic E-state index is 12.1. The molecule has 1 N–H and O–H groups in total. The van der Waals surface area contributed by atoms with Crippen LogP contribution < -0.4 is 4.74 Å². The summed E-state index contributed by atoms with van der Waals surface area (Å²) >= 11 is 0. The molecule has 4 aliphatic carbocycles. The van der Waals surface area contributed by atoms with Gasteiger partial charge in [-0.25, -0.2) is 0 Å². The molecule has 1 aromatic carbocycles. The van der Waals surface area contributed by atoms with Gasteiger partial charge in [0.25, 0.3) is 0 Å². The molecule has 0 saturated heterocycles. The summed E-state index contributed by atoms with van der Waals surface area (Å²) in [6.07, 6.45) is 10.2. The molecule has 0 aliphatic heterocycles. The number of aryl methyl sites for hydroxylation is 1. The van der Waals surface area contributed by atoms with Gasteiger partial charge in [-0.2, -0.15) is 0 Å². The molecule has 2 bridgehead atoms. The molecule has 4 unspecified atom stereocenters. The van der Waals surface area contributed by atoms with Crippen LogP contribution in [-0.4, -0.2) is 24.1 Å². The minimum atomic E-state index is -0.491. The third-order valence-corrected chi connectivity index (χ3v) is 7.98. The predicted molar refractivity (Wildman–Crippen MR) is 100 cm³/mol. The van der Waals surface area contributed by atoms with Crippen LogP contribution in [0.2, 0.25) is 0 Å². The molecule has 0 heterocycles. The Kier molecular flexibility index (Phi) is 3.34. The molecule has 2 fully saturated rings. The zero-order chi connectivity index (χ0) is 18.1. The Morgan fingerprint density at radius 3 is 2.92 bits per heavy atom. The van der Waals surface area contributed by atoms with Crippen LogP contribution in [0.3, 0.4) is 0 Å². The minimum absolute atomic E-state index is 0.0287. The number of aliphatic hydroxyl groups is 1. The fourth-order valence-electron chi connectivity index (χ4n) is 6.63. The van der Waals surface area contributed by atoms with Crippen LogP contribution in [0.15, 0.2) is 42.0 Å². The highest BCUT2D eigenvalue weighted by atomic mass is 16.5. The highest BCUT2D eigenvalue weighted by Crippen LogP contribution is 2.70. The van der Waals surface area contributed by atoms with E-state index in [9.17, 15) is 9.90 Å². The van der Waals surface area contributed by atoms with Crippen molar-refractivity contribution in [2.75, 3.05) is 7.11 Å². The number of methoxy groups -OCH3 is 1. The van der Waals surface area contributed by atoms with Crippen molar-refractivity contribution in [3.63, 3.8) is 0 Å². The third kappa shape index (κ3) is 1.90. The van der Waals surface area contributed by atoms with Gasteiger partial charge in [0.2, 0.25) is 0 Å². The molecule has 4 aliphatic rings. The molecule has 0 radical (unpaired) electrons.